The summed E-state index contributed by atoms with van der Waals surface area (Å²) >= 11 is 0. The number of amidine groups is 2. The largest absolute Gasteiger partial charge is 0.465 e. The van der Waals surface area contributed by atoms with Crippen molar-refractivity contribution >= 4 is 28.9 Å². The van der Waals surface area contributed by atoms with Crippen LogP contribution in [0.1, 0.15) is 12.7 Å². The minimum absolute atomic E-state index is 0.0958. The van der Waals surface area contributed by atoms with Crippen LogP contribution in [0, 0.1) is 17.2 Å². The van der Waals surface area contributed by atoms with Crippen molar-refractivity contribution < 1.29 is 13.9 Å². The summed E-state index contributed by atoms with van der Waals surface area (Å²) in [6.07, 6.45) is 1.47. The Labute approximate surface area is 155 Å². The molecule has 1 unspecified atom stereocenters. The molecule has 0 aliphatic carbocycles. The molecule has 12 nitrogen and oxygen atoms in total. The number of nitrogens with one attached hydrogen (secondary N) is 3. The fourth-order valence-corrected chi connectivity index (χ4v) is 2.85. The van der Waals surface area contributed by atoms with Crippen molar-refractivity contribution in [2.45, 2.75) is 6.92 Å². The number of hydrogen-bond acceptors (Lipinski definition) is 9. The van der Waals surface area contributed by atoms with E-state index in [0.29, 0.717) is 22.7 Å². The molecule has 0 saturated heterocycles. The molecule has 0 aromatic carbocycles. The van der Waals surface area contributed by atoms with Gasteiger partial charge in [0.15, 0.2) is 17.2 Å². The molecule has 0 radical (unpaired) electrons. The Morgan fingerprint density at radius 1 is 1.46 bits per heavy atom. The van der Waals surface area contributed by atoms with Crippen molar-refractivity contribution in [1.82, 2.24) is 15.6 Å². The molecule has 3 N–H and O–H groups in total. The summed E-state index contributed by atoms with van der Waals surface area (Å²) < 4.78 is 10.2. The van der Waals surface area contributed by atoms with Crippen LogP contribution in [0.2, 0.25) is 0 Å². The van der Waals surface area contributed by atoms with E-state index in [2.05, 4.69) is 35.9 Å². The van der Waals surface area contributed by atoms with Crippen LogP contribution in [0.15, 0.2) is 47.9 Å². The first-order chi connectivity index (χ1) is 13.6. The summed E-state index contributed by atoms with van der Waals surface area (Å²) in [4.78, 5) is 28.3. The summed E-state index contributed by atoms with van der Waals surface area (Å²) in [5.74, 6) is -0.667. The predicted molar refractivity (Wildman–Crippen MR) is 94.6 cm³/mol. The lowest BCUT2D eigenvalue weighted by Gasteiger charge is -2.14. The second-order valence-corrected chi connectivity index (χ2v) is 5.59. The van der Waals surface area contributed by atoms with E-state index in [4.69, 9.17) is 14.4 Å². The number of furan rings is 1. The third kappa shape index (κ3) is 2.71. The number of carbonyl (C=O) groups is 1. The number of fused-ring (bicyclic) bond motifs is 2. The Kier molecular flexibility index (Phi) is 4.17. The number of carbonyl (C=O) groups excluding carboxylic acids is 1. The van der Waals surface area contributed by atoms with E-state index in [0.717, 1.165) is 0 Å². The third-order valence-corrected chi connectivity index (χ3v) is 3.98. The van der Waals surface area contributed by atoms with Crippen LogP contribution in [0.25, 0.3) is 5.57 Å². The van der Waals surface area contributed by atoms with Gasteiger partial charge in [-0.15, -0.1) is 10.2 Å². The molecule has 0 saturated carbocycles. The van der Waals surface area contributed by atoms with E-state index in [1.165, 1.54) is 6.26 Å². The van der Waals surface area contributed by atoms with Crippen LogP contribution in [-0.2, 0) is 9.53 Å². The van der Waals surface area contributed by atoms with E-state index in [9.17, 15) is 9.59 Å². The Morgan fingerprint density at radius 3 is 3.04 bits per heavy atom. The quantitative estimate of drug-likeness (QED) is 0.331. The van der Waals surface area contributed by atoms with E-state index in [1.807, 2.05) is 0 Å². The average Bonchev–Trinajstić information content (AvgIpc) is 3.42. The van der Waals surface area contributed by atoms with Gasteiger partial charge in [-0.25, -0.2) is 9.79 Å². The molecule has 0 bridgehead atoms. The lowest BCUT2D eigenvalue weighted by atomic mass is 9.92. The van der Waals surface area contributed by atoms with Gasteiger partial charge >= 0.3 is 5.97 Å². The summed E-state index contributed by atoms with van der Waals surface area (Å²) in [5.41, 5.74) is 2.55. The van der Waals surface area contributed by atoms with Crippen LogP contribution in [-0.4, -0.2) is 40.2 Å². The standard InChI is InChI=1S/C16H12N8O4/c1-2-27-16(26)7(6-17)19-22-14-10-9(8-4-3-5-28-8)11-13(21-24-15(11)25)18-12(10)20-23-14/h3-5,10H,2H2,1H3,(H,22,23)(H,24,25)(H,18,20,21)/b19-7+. The zero-order chi connectivity index (χ0) is 19.7. The highest BCUT2D eigenvalue weighted by atomic mass is 16.5. The van der Waals surface area contributed by atoms with Crippen LogP contribution >= 0.6 is 0 Å². The van der Waals surface area contributed by atoms with Gasteiger partial charge in [0.05, 0.1) is 18.1 Å². The Morgan fingerprint density at radius 2 is 2.32 bits per heavy atom. The monoisotopic (exact) mass is 380 g/mol. The number of nitrogens with zero attached hydrogens (tertiary/aromatic N) is 5. The number of hydrazone groups is 1. The van der Waals surface area contributed by atoms with Gasteiger partial charge in [-0.2, -0.15) is 10.4 Å². The molecule has 0 amide bonds. The minimum atomic E-state index is -0.888. The van der Waals surface area contributed by atoms with Gasteiger partial charge in [-0.3, -0.25) is 20.4 Å². The summed E-state index contributed by atoms with van der Waals surface area (Å²) in [6, 6.07) is 5.00. The Balaban J connectivity index is 1.85. The number of nitriles is 1. The van der Waals surface area contributed by atoms with E-state index >= 15 is 0 Å². The lowest BCUT2D eigenvalue weighted by molar-refractivity contribution is -0.134. The second-order valence-electron chi connectivity index (χ2n) is 5.59. The Bertz CT molecular complexity index is 1250. The van der Waals surface area contributed by atoms with Crippen molar-refractivity contribution in [2.75, 3.05) is 6.61 Å². The molecule has 4 heterocycles. The highest BCUT2D eigenvalue weighted by Crippen LogP contribution is 2.27. The van der Waals surface area contributed by atoms with E-state index < -0.39 is 17.6 Å². The van der Waals surface area contributed by atoms with Crippen LogP contribution in [0.4, 0.5) is 0 Å². The zero-order valence-corrected chi connectivity index (χ0v) is 14.4. The highest BCUT2D eigenvalue weighted by Gasteiger charge is 2.38. The molecule has 2 aromatic rings. The maximum Gasteiger partial charge on any atom is 0.369 e. The van der Waals surface area contributed by atoms with Crippen molar-refractivity contribution in [3.05, 3.63) is 45.2 Å². The topological polar surface area (TPSA) is 173 Å². The van der Waals surface area contributed by atoms with Gasteiger partial charge in [-0.05, 0) is 19.1 Å². The first kappa shape index (κ1) is 17.2. The summed E-state index contributed by atoms with van der Waals surface area (Å²) in [7, 11) is 0. The number of aromatic nitrogens is 2. The van der Waals surface area contributed by atoms with Crippen molar-refractivity contribution in [3.63, 3.8) is 0 Å². The Hall–Kier alpha value is -4.27. The maximum atomic E-state index is 12.3. The number of rotatable bonds is 4. The molecule has 0 fully saturated rings. The molecule has 2 aliphatic rings. The number of ether oxygens (including phenoxy) is 1. The molecule has 4 rings (SSSR count). The fraction of sp³-hybridized carbons (Fsp3) is 0.188. The first-order valence-corrected chi connectivity index (χ1v) is 8.13. The summed E-state index contributed by atoms with van der Waals surface area (Å²) in [5, 5.41) is 26.2. The molecule has 140 valence electrons. The SMILES string of the molecule is CCOC(=O)/C(C#N)=N/N=C1\NN=C2N=c3[nH][nH]c(=O)c3=C(c3ccco3)C21. The zero-order valence-electron chi connectivity index (χ0n) is 14.4. The molecule has 28 heavy (non-hydrogen) atoms. The minimum Gasteiger partial charge on any atom is -0.465 e. The molecule has 2 aromatic heterocycles. The van der Waals surface area contributed by atoms with Crippen LogP contribution < -0.4 is 21.7 Å². The van der Waals surface area contributed by atoms with Crippen molar-refractivity contribution in [1.29, 1.82) is 5.26 Å². The number of aromatic amines is 2. The van der Waals surface area contributed by atoms with Gasteiger partial charge in [0.1, 0.15) is 17.7 Å². The van der Waals surface area contributed by atoms with Gasteiger partial charge in [-0.1, -0.05) is 0 Å². The number of H-pyrrole nitrogens is 2. The van der Waals surface area contributed by atoms with Gasteiger partial charge in [0, 0.05) is 5.57 Å². The molecular weight excluding hydrogens is 368 g/mol. The maximum absolute atomic E-state index is 12.3. The second kappa shape index (κ2) is 6.80. The van der Waals surface area contributed by atoms with Crippen LogP contribution in [0.5, 0.6) is 0 Å². The highest BCUT2D eigenvalue weighted by molar-refractivity contribution is 6.43. The van der Waals surface area contributed by atoms with E-state index in [-0.39, 0.29) is 23.2 Å². The van der Waals surface area contributed by atoms with Gasteiger partial charge in [0.25, 0.3) is 5.56 Å². The van der Waals surface area contributed by atoms with Crippen molar-refractivity contribution in [3.8, 4) is 6.07 Å². The number of hydrogen-bond donors (Lipinski definition) is 3. The lowest BCUT2D eigenvalue weighted by Crippen LogP contribution is -2.44. The predicted octanol–water partition coefficient (Wildman–Crippen LogP) is -1.50. The van der Waals surface area contributed by atoms with Gasteiger partial charge in [0.2, 0.25) is 5.71 Å². The molecule has 0 spiro atoms. The summed E-state index contributed by atoms with van der Waals surface area (Å²) in [6.45, 7) is 1.70. The van der Waals surface area contributed by atoms with Gasteiger partial charge < -0.3 is 9.15 Å². The fourth-order valence-electron chi connectivity index (χ4n) is 2.85. The third-order valence-electron chi connectivity index (χ3n) is 3.98. The van der Waals surface area contributed by atoms with E-state index in [1.54, 1.807) is 25.1 Å². The normalized spacial score (nSPS) is 19.2. The van der Waals surface area contributed by atoms with Crippen molar-refractivity contribution in [2.24, 2.45) is 26.2 Å². The first-order valence-electron chi connectivity index (χ1n) is 8.13. The number of esters is 1. The molecule has 1 atom stereocenters. The van der Waals surface area contributed by atoms with Crippen LogP contribution in [0.3, 0.4) is 0 Å². The smallest absolute Gasteiger partial charge is 0.369 e. The molecule has 12 heteroatoms. The molecule has 2 aliphatic heterocycles. The molecular formula is C16H12N8O4. The average molecular weight is 380 g/mol.